The Hall–Kier alpha value is -2.85. The molecule has 0 saturated heterocycles. The number of anilines is 1. The Morgan fingerprint density at radius 1 is 1.23 bits per heavy atom. The lowest BCUT2D eigenvalue weighted by molar-refractivity contribution is 0.561. The summed E-state index contributed by atoms with van der Waals surface area (Å²) in [6, 6.07) is 12.7. The van der Waals surface area contributed by atoms with E-state index in [0.717, 1.165) is 0 Å². The van der Waals surface area contributed by atoms with Crippen LogP contribution in [0, 0.1) is 18.3 Å². The number of aromatic nitrogens is 1. The zero-order valence-electron chi connectivity index (χ0n) is 11.6. The van der Waals surface area contributed by atoms with E-state index in [1.807, 2.05) is 6.07 Å². The third-order valence-corrected chi connectivity index (χ3v) is 4.40. The highest BCUT2D eigenvalue weighted by Crippen LogP contribution is 2.22. The quantitative estimate of drug-likeness (QED) is 0.802. The summed E-state index contributed by atoms with van der Waals surface area (Å²) in [5.41, 5.74) is 1.72. The number of sulfonamides is 1. The summed E-state index contributed by atoms with van der Waals surface area (Å²) in [4.78, 5) is 4.20. The zero-order chi connectivity index (χ0) is 15.7. The van der Waals surface area contributed by atoms with Gasteiger partial charge in [-0.2, -0.15) is 5.26 Å². The third kappa shape index (κ3) is 2.64. The first-order valence-electron chi connectivity index (χ1n) is 6.38. The van der Waals surface area contributed by atoms with Crippen LogP contribution in [-0.4, -0.2) is 13.4 Å². The lowest BCUT2D eigenvalue weighted by atomic mass is 10.2. The number of aryl methyl sites for hydroxylation is 1. The second-order valence-electron chi connectivity index (χ2n) is 4.66. The molecule has 1 N–H and O–H groups in total. The highest BCUT2D eigenvalue weighted by molar-refractivity contribution is 7.92. The van der Waals surface area contributed by atoms with Gasteiger partial charge in [-0.1, -0.05) is 6.07 Å². The van der Waals surface area contributed by atoms with Crippen molar-refractivity contribution in [1.29, 1.82) is 5.26 Å². The van der Waals surface area contributed by atoms with Crippen LogP contribution in [0.25, 0.3) is 11.1 Å². The number of benzene rings is 2. The molecule has 0 aliphatic carbocycles. The molecule has 110 valence electrons. The van der Waals surface area contributed by atoms with Crippen LogP contribution in [0.5, 0.6) is 0 Å². The van der Waals surface area contributed by atoms with Crippen LogP contribution in [-0.2, 0) is 10.0 Å². The molecule has 0 aliphatic rings. The maximum atomic E-state index is 12.4. The molecule has 22 heavy (non-hydrogen) atoms. The monoisotopic (exact) mass is 313 g/mol. The number of oxazole rings is 1. The fourth-order valence-electron chi connectivity index (χ4n) is 2.06. The average molecular weight is 313 g/mol. The topological polar surface area (TPSA) is 96.0 Å². The molecule has 1 aromatic heterocycles. The highest BCUT2D eigenvalue weighted by Gasteiger charge is 2.16. The molecular weight excluding hydrogens is 302 g/mol. The predicted octanol–water partition coefficient (Wildman–Crippen LogP) is 2.81. The molecule has 1 heterocycles. The van der Waals surface area contributed by atoms with Gasteiger partial charge in [0.25, 0.3) is 10.0 Å². The van der Waals surface area contributed by atoms with Crippen LogP contribution >= 0.6 is 0 Å². The van der Waals surface area contributed by atoms with Gasteiger partial charge in [-0.3, -0.25) is 4.72 Å². The molecule has 0 spiro atoms. The second-order valence-corrected chi connectivity index (χ2v) is 6.34. The van der Waals surface area contributed by atoms with Crippen LogP contribution in [0.15, 0.2) is 51.8 Å². The van der Waals surface area contributed by atoms with Crippen molar-refractivity contribution in [3.63, 3.8) is 0 Å². The first-order chi connectivity index (χ1) is 10.5. The lowest BCUT2D eigenvalue weighted by Gasteiger charge is -2.08. The molecule has 3 aromatic rings. The Labute approximate surface area is 127 Å². The number of rotatable bonds is 3. The Kier molecular flexibility index (Phi) is 3.31. The van der Waals surface area contributed by atoms with Gasteiger partial charge in [-0.15, -0.1) is 0 Å². The van der Waals surface area contributed by atoms with Crippen molar-refractivity contribution < 1.29 is 12.8 Å². The average Bonchev–Trinajstić information content (AvgIpc) is 2.86. The van der Waals surface area contributed by atoms with E-state index in [1.54, 1.807) is 31.2 Å². The van der Waals surface area contributed by atoms with E-state index in [-0.39, 0.29) is 4.90 Å². The largest absolute Gasteiger partial charge is 0.441 e. The van der Waals surface area contributed by atoms with Gasteiger partial charge in [0.05, 0.1) is 22.2 Å². The zero-order valence-corrected chi connectivity index (χ0v) is 12.4. The smallest absolute Gasteiger partial charge is 0.261 e. The van der Waals surface area contributed by atoms with Gasteiger partial charge in [-0.25, -0.2) is 13.4 Å². The Balaban J connectivity index is 1.98. The summed E-state index contributed by atoms with van der Waals surface area (Å²) in [5.74, 6) is 0.472. The molecule has 3 rings (SSSR count). The molecule has 6 nitrogen and oxygen atoms in total. The first-order valence-corrected chi connectivity index (χ1v) is 7.86. The molecule has 7 heteroatoms. The standard InChI is InChI=1S/C15H11N3O3S/c1-10-17-14-8-13(5-6-15(14)21-10)22(19,20)18-12-4-2-3-11(7-12)9-16/h2-8,18H,1H3. The van der Waals surface area contributed by atoms with Crippen LogP contribution in [0.1, 0.15) is 11.5 Å². The van der Waals surface area contributed by atoms with Crippen molar-refractivity contribution in [2.24, 2.45) is 0 Å². The Bertz CT molecular complexity index is 1000. The van der Waals surface area contributed by atoms with E-state index < -0.39 is 10.0 Å². The number of fused-ring (bicyclic) bond motifs is 1. The predicted molar refractivity (Wildman–Crippen MR) is 80.7 cm³/mol. The Morgan fingerprint density at radius 3 is 2.82 bits per heavy atom. The highest BCUT2D eigenvalue weighted by atomic mass is 32.2. The summed E-state index contributed by atoms with van der Waals surface area (Å²) in [6.07, 6.45) is 0. The molecule has 0 fully saturated rings. The fourth-order valence-corrected chi connectivity index (χ4v) is 3.12. The minimum atomic E-state index is -3.76. The molecule has 0 atom stereocenters. The van der Waals surface area contributed by atoms with Crippen LogP contribution in [0.2, 0.25) is 0 Å². The normalized spacial score (nSPS) is 11.3. The summed E-state index contributed by atoms with van der Waals surface area (Å²) in [6.45, 7) is 1.69. The van der Waals surface area contributed by atoms with Crippen molar-refractivity contribution in [2.75, 3.05) is 4.72 Å². The maximum absolute atomic E-state index is 12.4. The minimum Gasteiger partial charge on any atom is -0.441 e. The van der Waals surface area contributed by atoms with E-state index in [2.05, 4.69) is 9.71 Å². The van der Waals surface area contributed by atoms with Crippen molar-refractivity contribution in [2.45, 2.75) is 11.8 Å². The van der Waals surface area contributed by atoms with Crippen molar-refractivity contribution >= 4 is 26.8 Å². The van der Waals surface area contributed by atoms with Gasteiger partial charge < -0.3 is 4.42 Å². The van der Waals surface area contributed by atoms with Crippen LogP contribution < -0.4 is 4.72 Å². The van der Waals surface area contributed by atoms with E-state index >= 15 is 0 Å². The number of nitriles is 1. The minimum absolute atomic E-state index is 0.0793. The molecular formula is C15H11N3O3S. The number of hydrogen-bond donors (Lipinski definition) is 1. The van der Waals surface area contributed by atoms with Gasteiger partial charge in [0.15, 0.2) is 11.5 Å². The number of hydrogen-bond acceptors (Lipinski definition) is 5. The first kappa shape index (κ1) is 14.1. The molecule has 0 unspecified atom stereocenters. The number of nitrogens with zero attached hydrogens (tertiary/aromatic N) is 2. The molecule has 2 aromatic carbocycles. The fraction of sp³-hybridized carbons (Fsp3) is 0.0667. The molecule has 0 amide bonds. The Morgan fingerprint density at radius 2 is 2.05 bits per heavy atom. The van der Waals surface area contributed by atoms with E-state index in [1.165, 1.54) is 18.2 Å². The van der Waals surface area contributed by atoms with Gasteiger partial charge in [0.1, 0.15) is 5.52 Å². The summed E-state index contributed by atoms with van der Waals surface area (Å²) in [7, 11) is -3.76. The van der Waals surface area contributed by atoms with E-state index in [4.69, 9.17) is 9.68 Å². The van der Waals surface area contributed by atoms with Crippen molar-refractivity contribution in [3.05, 3.63) is 53.9 Å². The van der Waals surface area contributed by atoms with Crippen molar-refractivity contribution in [3.8, 4) is 6.07 Å². The maximum Gasteiger partial charge on any atom is 0.261 e. The molecule has 0 bridgehead atoms. The molecule has 0 saturated carbocycles. The van der Waals surface area contributed by atoms with Gasteiger partial charge >= 0.3 is 0 Å². The summed E-state index contributed by atoms with van der Waals surface area (Å²) in [5, 5.41) is 8.85. The van der Waals surface area contributed by atoms with Gasteiger partial charge in [0, 0.05) is 6.92 Å². The second kappa shape index (κ2) is 5.16. The SMILES string of the molecule is Cc1nc2cc(S(=O)(=O)Nc3cccc(C#N)c3)ccc2o1. The summed E-state index contributed by atoms with van der Waals surface area (Å²) >= 11 is 0. The van der Waals surface area contributed by atoms with E-state index in [9.17, 15) is 8.42 Å². The van der Waals surface area contributed by atoms with Gasteiger partial charge in [-0.05, 0) is 36.4 Å². The third-order valence-electron chi connectivity index (χ3n) is 3.02. The molecule has 0 aliphatic heterocycles. The van der Waals surface area contributed by atoms with Crippen LogP contribution in [0.3, 0.4) is 0 Å². The number of nitrogens with one attached hydrogen (secondary N) is 1. The summed E-state index contributed by atoms with van der Waals surface area (Å²) < 4.78 is 32.6. The lowest BCUT2D eigenvalue weighted by Crippen LogP contribution is -2.12. The van der Waals surface area contributed by atoms with Gasteiger partial charge in [0.2, 0.25) is 0 Å². The van der Waals surface area contributed by atoms with E-state index in [0.29, 0.717) is 28.2 Å². The molecule has 0 radical (unpaired) electrons. The van der Waals surface area contributed by atoms with Crippen molar-refractivity contribution in [1.82, 2.24) is 4.98 Å². The van der Waals surface area contributed by atoms with Crippen LogP contribution in [0.4, 0.5) is 5.69 Å².